The molecule has 1 saturated heterocycles. The van der Waals surface area contributed by atoms with Gasteiger partial charge in [-0.25, -0.2) is 0 Å². The van der Waals surface area contributed by atoms with E-state index in [1.54, 1.807) is 18.2 Å². The molecular formula is C15H25N5O. The number of hydrogen-bond acceptors (Lipinski definition) is 5. The van der Waals surface area contributed by atoms with E-state index in [-0.39, 0.29) is 5.91 Å². The highest BCUT2D eigenvalue weighted by Gasteiger charge is 2.14. The standard InChI is InChI=1S/C15H25N5O/c1-19-8-10-20(11-9-19)7-3-6-18-15(21)12-4-2-5-13(16)14(12)17/h2,4-5H,3,6-11,16-17H2,1H3,(H,18,21). The monoisotopic (exact) mass is 291 g/mol. The van der Waals surface area contributed by atoms with E-state index in [1.165, 1.54) is 0 Å². The molecule has 0 radical (unpaired) electrons. The van der Waals surface area contributed by atoms with Gasteiger partial charge in [-0.2, -0.15) is 0 Å². The fourth-order valence-corrected chi connectivity index (χ4v) is 2.45. The van der Waals surface area contributed by atoms with Gasteiger partial charge in [0.05, 0.1) is 16.9 Å². The topological polar surface area (TPSA) is 87.6 Å². The van der Waals surface area contributed by atoms with E-state index in [0.29, 0.717) is 23.5 Å². The Balaban J connectivity index is 1.71. The van der Waals surface area contributed by atoms with Gasteiger partial charge in [-0.3, -0.25) is 4.79 Å². The third-order valence-corrected chi connectivity index (χ3v) is 3.92. The molecule has 2 rings (SSSR count). The van der Waals surface area contributed by atoms with Crippen LogP contribution in [0.25, 0.3) is 0 Å². The maximum atomic E-state index is 12.0. The third kappa shape index (κ3) is 4.34. The largest absolute Gasteiger partial charge is 0.397 e. The lowest BCUT2D eigenvalue weighted by Crippen LogP contribution is -2.45. The van der Waals surface area contributed by atoms with Gasteiger partial charge in [0.15, 0.2) is 0 Å². The number of carbonyl (C=O) groups is 1. The average Bonchev–Trinajstić information content (AvgIpc) is 2.48. The van der Waals surface area contributed by atoms with E-state index < -0.39 is 0 Å². The zero-order chi connectivity index (χ0) is 15.2. The van der Waals surface area contributed by atoms with Crippen molar-refractivity contribution in [3.05, 3.63) is 23.8 Å². The minimum absolute atomic E-state index is 0.154. The van der Waals surface area contributed by atoms with Gasteiger partial charge in [-0.15, -0.1) is 0 Å². The molecule has 0 unspecified atom stereocenters. The van der Waals surface area contributed by atoms with Gasteiger partial charge in [-0.1, -0.05) is 6.07 Å². The lowest BCUT2D eigenvalue weighted by Gasteiger charge is -2.32. The van der Waals surface area contributed by atoms with E-state index in [9.17, 15) is 4.79 Å². The predicted molar refractivity (Wildman–Crippen MR) is 86.2 cm³/mol. The number of nitrogens with two attached hydrogens (primary N) is 2. The molecule has 1 fully saturated rings. The molecule has 0 saturated carbocycles. The molecule has 116 valence electrons. The van der Waals surface area contributed by atoms with Crippen molar-refractivity contribution >= 4 is 17.3 Å². The summed E-state index contributed by atoms with van der Waals surface area (Å²) in [5.74, 6) is -0.154. The van der Waals surface area contributed by atoms with Crippen LogP contribution < -0.4 is 16.8 Å². The summed E-state index contributed by atoms with van der Waals surface area (Å²) in [6, 6.07) is 5.13. The second-order valence-electron chi connectivity index (χ2n) is 5.56. The number of likely N-dealkylation sites (N-methyl/N-ethyl adjacent to an activating group) is 1. The summed E-state index contributed by atoms with van der Waals surface area (Å²) in [5.41, 5.74) is 12.8. The summed E-state index contributed by atoms with van der Waals surface area (Å²) in [5, 5.41) is 2.90. The molecule has 1 amide bonds. The predicted octanol–water partition coefficient (Wildman–Crippen LogP) is 0.218. The summed E-state index contributed by atoms with van der Waals surface area (Å²) in [6.07, 6.45) is 0.942. The first-order chi connectivity index (χ1) is 10.1. The molecule has 0 aromatic heterocycles. The van der Waals surface area contributed by atoms with E-state index in [0.717, 1.165) is 39.1 Å². The van der Waals surface area contributed by atoms with Crippen LogP contribution in [0.3, 0.4) is 0 Å². The number of benzene rings is 1. The van der Waals surface area contributed by atoms with Crippen LogP contribution in [0.5, 0.6) is 0 Å². The molecule has 1 aliphatic rings. The quantitative estimate of drug-likeness (QED) is 0.533. The minimum Gasteiger partial charge on any atom is -0.397 e. The molecule has 0 bridgehead atoms. The Morgan fingerprint density at radius 1 is 1.24 bits per heavy atom. The summed E-state index contributed by atoms with van der Waals surface area (Å²) in [7, 11) is 2.15. The Labute approximate surface area is 126 Å². The van der Waals surface area contributed by atoms with Crippen LogP contribution in [-0.2, 0) is 0 Å². The summed E-state index contributed by atoms with van der Waals surface area (Å²) >= 11 is 0. The van der Waals surface area contributed by atoms with Crippen LogP contribution in [0.15, 0.2) is 18.2 Å². The van der Waals surface area contributed by atoms with Crippen LogP contribution in [0.4, 0.5) is 11.4 Å². The number of rotatable bonds is 5. The van der Waals surface area contributed by atoms with Crippen molar-refractivity contribution in [1.82, 2.24) is 15.1 Å². The van der Waals surface area contributed by atoms with Crippen molar-refractivity contribution in [3.8, 4) is 0 Å². The lowest BCUT2D eigenvalue weighted by atomic mass is 10.1. The first-order valence-electron chi connectivity index (χ1n) is 7.41. The first-order valence-corrected chi connectivity index (χ1v) is 7.41. The second kappa shape index (κ2) is 7.28. The number of carbonyl (C=O) groups excluding carboxylic acids is 1. The molecule has 0 aliphatic carbocycles. The lowest BCUT2D eigenvalue weighted by molar-refractivity contribution is 0.0950. The Morgan fingerprint density at radius 3 is 2.67 bits per heavy atom. The molecule has 5 N–H and O–H groups in total. The normalized spacial score (nSPS) is 16.8. The average molecular weight is 291 g/mol. The van der Waals surface area contributed by atoms with E-state index >= 15 is 0 Å². The van der Waals surface area contributed by atoms with Crippen LogP contribution in [0, 0.1) is 0 Å². The SMILES string of the molecule is CN1CCN(CCCNC(=O)c2cccc(N)c2N)CC1. The highest BCUT2D eigenvalue weighted by molar-refractivity contribution is 6.01. The van der Waals surface area contributed by atoms with Crippen molar-refractivity contribution < 1.29 is 4.79 Å². The van der Waals surface area contributed by atoms with E-state index in [2.05, 4.69) is 22.2 Å². The smallest absolute Gasteiger partial charge is 0.253 e. The molecule has 1 aromatic carbocycles. The van der Waals surface area contributed by atoms with Crippen molar-refractivity contribution in [2.24, 2.45) is 0 Å². The molecule has 0 atom stereocenters. The van der Waals surface area contributed by atoms with Gasteiger partial charge >= 0.3 is 0 Å². The number of piperazine rings is 1. The zero-order valence-corrected chi connectivity index (χ0v) is 12.6. The molecule has 1 aliphatic heterocycles. The number of nitrogen functional groups attached to an aromatic ring is 2. The number of nitrogens with zero attached hydrogens (tertiary/aromatic N) is 2. The zero-order valence-electron chi connectivity index (χ0n) is 12.6. The van der Waals surface area contributed by atoms with E-state index in [4.69, 9.17) is 11.5 Å². The van der Waals surface area contributed by atoms with Gasteiger partial charge in [0, 0.05) is 32.7 Å². The fourth-order valence-electron chi connectivity index (χ4n) is 2.45. The molecule has 21 heavy (non-hydrogen) atoms. The Hall–Kier alpha value is -1.79. The van der Waals surface area contributed by atoms with Crippen LogP contribution in [-0.4, -0.2) is 62.0 Å². The summed E-state index contributed by atoms with van der Waals surface area (Å²) in [4.78, 5) is 16.8. The number of amides is 1. The summed E-state index contributed by atoms with van der Waals surface area (Å²) < 4.78 is 0. The molecule has 1 heterocycles. The van der Waals surface area contributed by atoms with Crippen molar-refractivity contribution in [1.29, 1.82) is 0 Å². The highest BCUT2D eigenvalue weighted by atomic mass is 16.1. The fraction of sp³-hybridized carbons (Fsp3) is 0.533. The highest BCUT2D eigenvalue weighted by Crippen LogP contribution is 2.18. The number of hydrogen-bond donors (Lipinski definition) is 3. The van der Waals surface area contributed by atoms with Gasteiger partial charge < -0.3 is 26.6 Å². The van der Waals surface area contributed by atoms with Gasteiger partial charge in [0.2, 0.25) is 0 Å². The Morgan fingerprint density at radius 2 is 1.95 bits per heavy atom. The van der Waals surface area contributed by atoms with Gasteiger partial charge in [-0.05, 0) is 32.1 Å². The number of anilines is 2. The van der Waals surface area contributed by atoms with Gasteiger partial charge in [0.25, 0.3) is 5.91 Å². The van der Waals surface area contributed by atoms with Crippen LogP contribution in [0.2, 0.25) is 0 Å². The number of nitrogens with one attached hydrogen (secondary N) is 1. The Kier molecular flexibility index (Phi) is 5.41. The van der Waals surface area contributed by atoms with Crippen molar-refractivity contribution in [2.45, 2.75) is 6.42 Å². The maximum absolute atomic E-state index is 12.0. The third-order valence-electron chi connectivity index (χ3n) is 3.92. The molecule has 6 heteroatoms. The second-order valence-corrected chi connectivity index (χ2v) is 5.56. The minimum atomic E-state index is -0.154. The Bertz CT molecular complexity index is 483. The van der Waals surface area contributed by atoms with Crippen molar-refractivity contribution in [2.75, 3.05) is 57.8 Å². The molecule has 6 nitrogen and oxygen atoms in total. The maximum Gasteiger partial charge on any atom is 0.253 e. The van der Waals surface area contributed by atoms with Crippen LogP contribution >= 0.6 is 0 Å². The molecule has 1 aromatic rings. The first kappa shape index (κ1) is 15.6. The van der Waals surface area contributed by atoms with Crippen molar-refractivity contribution in [3.63, 3.8) is 0 Å². The van der Waals surface area contributed by atoms with E-state index in [1.807, 2.05) is 0 Å². The molecule has 0 spiro atoms. The summed E-state index contributed by atoms with van der Waals surface area (Å²) in [6.45, 7) is 6.11. The number of para-hydroxylation sites is 1. The molecular weight excluding hydrogens is 266 g/mol. The van der Waals surface area contributed by atoms with Crippen LogP contribution in [0.1, 0.15) is 16.8 Å². The van der Waals surface area contributed by atoms with Gasteiger partial charge in [0.1, 0.15) is 0 Å².